The third-order valence-electron chi connectivity index (χ3n) is 2.65. The summed E-state index contributed by atoms with van der Waals surface area (Å²) >= 11 is 0. The van der Waals surface area contributed by atoms with Crippen LogP contribution in [0.5, 0.6) is 5.75 Å². The van der Waals surface area contributed by atoms with Gasteiger partial charge in [0.2, 0.25) is 6.54 Å². The zero-order valence-electron chi connectivity index (χ0n) is 9.43. The van der Waals surface area contributed by atoms with Gasteiger partial charge in [-0.1, -0.05) is 38.0 Å². The lowest BCUT2D eigenvalue weighted by molar-refractivity contribution is -0.483. The maximum atomic E-state index is 10.6. The first-order chi connectivity index (χ1) is 7.65. The van der Waals surface area contributed by atoms with Gasteiger partial charge in [-0.15, -0.1) is 0 Å². The second-order valence-electron chi connectivity index (χ2n) is 3.91. The van der Waals surface area contributed by atoms with Crippen LogP contribution in [0.25, 0.3) is 0 Å². The van der Waals surface area contributed by atoms with Gasteiger partial charge in [0.1, 0.15) is 5.75 Å². The minimum absolute atomic E-state index is 0.114. The molecule has 16 heavy (non-hydrogen) atoms. The maximum absolute atomic E-state index is 10.6. The van der Waals surface area contributed by atoms with Crippen LogP contribution in [0.4, 0.5) is 0 Å². The van der Waals surface area contributed by atoms with Crippen molar-refractivity contribution < 1.29 is 10.0 Å². The predicted molar refractivity (Wildman–Crippen MR) is 62.2 cm³/mol. The molecular weight excluding hydrogens is 206 g/mol. The standard InChI is InChI=1S/C12H17NO3/c1-2-3-6-10(9-13(15)16)11-7-4-5-8-12(11)14/h4-5,7-8,10,14H,2-3,6,9H2,1H3/t10-/m1/s1. The number of aromatic hydroxyl groups is 1. The van der Waals surface area contributed by atoms with Crippen LogP contribution in [0, 0.1) is 10.1 Å². The number of nitro groups is 1. The molecule has 0 bridgehead atoms. The highest BCUT2D eigenvalue weighted by Gasteiger charge is 2.19. The number of hydrogen-bond donors (Lipinski definition) is 1. The SMILES string of the molecule is CCCC[C@H](C[N+](=O)[O-])c1ccccc1O. The van der Waals surface area contributed by atoms with Crippen LogP contribution < -0.4 is 0 Å². The van der Waals surface area contributed by atoms with E-state index in [4.69, 9.17) is 0 Å². The molecule has 0 aliphatic rings. The quantitative estimate of drug-likeness (QED) is 0.595. The summed E-state index contributed by atoms with van der Waals surface area (Å²) in [6, 6.07) is 6.86. The molecule has 1 rings (SSSR count). The topological polar surface area (TPSA) is 63.4 Å². The van der Waals surface area contributed by atoms with Crippen molar-refractivity contribution in [3.05, 3.63) is 39.9 Å². The number of unbranched alkanes of at least 4 members (excludes halogenated alkanes) is 1. The Morgan fingerprint density at radius 3 is 2.69 bits per heavy atom. The van der Waals surface area contributed by atoms with Gasteiger partial charge in [0.25, 0.3) is 0 Å². The molecule has 0 saturated carbocycles. The van der Waals surface area contributed by atoms with E-state index in [2.05, 4.69) is 0 Å². The Morgan fingerprint density at radius 1 is 1.44 bits per heavy atom. The smallest absolute Gasteiger partial charge is 0.210 e. The van der Waals surface area contributed by atoms with Crippen molar-refractivity contribution in [3.8, 4) is 5.75 Å². The number of rotatable bonds is 6. The van der Waals surface area contributed by atoms with Crippen molar-refractivity contribution in [2.24, 2.45) is 0 Å². The number of para-hydroxylation sites is 1. The van der Waals surface area contributed by atoms with Crippen molar-refractivity contribution in [1.82, 2.24) is 0 Å². The van der Waals surface area contributed by atoms with Crippen molar-refractivity contribution >= 4 is 0 Å². The third kappa shape index (κ3) is 3.53. The number of phenolic OH excluding ortho intramolecular Hbond substituents is 1. The van der Waals surface area contributed by atoms with E-state index in [1.54, 1.807) is 24.3 Å². The summed E-state index contributed by atoms with van der Waals surface area (Å²) in [5.74, 6) is -0.0263. The monoisotopic (exact) mass is 223 g/mol. The van der Waals surface area contributed by atoms with E-state index in [0.717, 1.165) is 19.3 Å². The first-order valence-corrected chi connectivity index (χ1v) is 5.54. The molecule has 4 heteroatoms. The first kappa shape index (κ1) is 12.5. The highest BCUT2D eigenvalue weighted by molar-refractivity contribution is 5.34. The van der Waals surface area contributed by atoms with Gasteiger partial charge in [0.15, 0.2) is 0 Å². The van der Waals surface area contributed by atoms with Crippen molar-refractivity contribution in [2.75, 3.05) is 6.54 Å². The van der Waals surface area contributed by atoms with Crippen LogP contribution in [0.1, 0.15) is 37.7 Å². The van der Waals surface area contributed by atoms with E-state index in [9.17, 15) is 15.2 Å². The fourth-order valence-corrected chi connectivity index (χ4v) is 1.81. The van der Waals surface area contributed by atoms with Crippen LogP contribution in [-0.2, 0) is 0 Å². The maximum Gasteiger partial charge on any atom is 0.210 e. The van der Waals surface area contributed by atoms with E-state index in [-0.39, 0.29) is 23.1 Å². The summed E-state index contributed by atoms with van der Waals surface area (Å²) < 4.78 is 0. The average molecular weight is 223 g/mol. The van der Waals surface area contributed by atoms with E-state index in [1.807, 2.05) is 6.92 Å². The summed E-state index contributed by atoms with van der Waals surface area (Å²) in [4.78, 5) is 10.3. The van der Waals surface area contributed by atoms with Crippen LogP contribution >= 0.6 is 0 Å². The molecule has 88 valence electrons. The summed E-state index contributed by atoms with van der Waals surface area (Å²) in [6.45, 7) is 1.94. The lowest BCUT2D eigenvalue weighted by Gasteiger charge is -2.13. The molecule has 1 aromatic carbocycles. The molecule has 0 aromatic heterocycles. The van der Waals surface area contributed by atoms with Crippen molar-refractivity contribution in [2.45, 2.75) is 32.1 Å². The lowest BCUT2D eigenvalue weighted by atomic mass is 9.93. The summed E-state index contributed by atoms with van der Waals surface area (Å²) in [5, 5.41) is 20.3. The number of hydrogen-bond acceptors (Lipinski definition) is 3. The molecule has 1 aromatic rings. The molecule has 0 aliphatic carbocycles. The van der Waals surface area contributed by atoms with Crippen LogP contribution in [0.15, 0.2) is 24.3 Å². The Morgan fingerprint density at radius 2 is 2.12 bits per heavy atom. The Kier molecular flexibility index (Phi) is 4.76. The largest absolute Gasteiger partial charge is 0.508 e. The fourth-order valence-electron chi connectivity index (χ4n) is 1.81. The Balaban J connectivity index is 2.82. The molecule has 0 unspecified atom stereocenters. The third-order valence-corrected chi connectivity index (χ3v) is 2.65. The molecule has 1 atom stereocenters. The van der Waals surface area contributed by atoms with Gasteiger partial charge < -0.3 is 5.11 Å². The van der Waals surface area contributed by atoms with E-state index in [0.29, 0.717) is 5.56 Å². The second-order valence-corrected chi connectivity index (χ2v) is 3.91. The highest BCUT2D eigenvalue weighted by Crippen LogP contribution is 2.29. The molecule has 0 amide bonds. The van der Waals surface area contributed by atoms with Crippen molar-refractivity contribution in [1.29, 1.82) is 0 Å². The minimum Gasteiger partial charge on any atom is -0.508 e. The van der Waals surface area contributed by atoms with Crippen molar-refractivity contribution in [3.63, 3.8) is 0 Å². The molecule has 0 radical (unpaired) electrons. The van der Waals surface area contributed by atoms with E-state index < -0.39 is 0 Å². The van der Waals surface area contributed by atoms with Gasteiger partial charge in [-0.25, -0.2) is 0 Å². The summed E-state index contributed by atoms with van der Waals surface area (Å²) in [5.41, 5.74) is 0.688. The van der Waals surface area contributed by atoms with Gasteiger partial charge in [-0.2, -0.15) is 0 Å². The zero-order chi connectivity index (χ0) is 12.0. The average Bonchev–Trinajstić information content (AvgIpc) is 2.24. The van der Waals surface area contributed by atoms with E-state index >= 15 is 0 Å². The molecule has 4 nitrogen and oxygen atoms in total. The molecule has 0 heterocycles. The Bertz CT molecular complexity index is 352. The molecule has 0 saturated heterocycles. The Hall–Kier alpha value is -1.58. The van der Waals surface area contributed by atoms with Gasteiger partial charge in [0, 0.05) is 10.5 Å². The van der Waals surface area contributed by atoms with Gasteiger partial charge in [-0.05, 0) is 12.5 Å². The van der Waals surface area contributed by atoms with E-state index in [1.165, 1.54) is 0 Å². The van der Waals surface area contributed by atoms with Crippen LogP contribution in [0.3, 0.4) is 0 Å². The highest BCUT2D eigenvalue weighted by atomic mass is 16.6. The summed E-state index contributed by atoms with van der Waals surface area (Å²) in [7, 11) is 0. The number of benzene rings is 1. The Labute approximate surface area is 95.1 Å². The molecule has 0 fully saturated rings. The first-order valence-electron chi connectivity index (χ1n) is 5.54. The van der Waals surface area contributed by atoms with Crippen LogP contribution in [0.2, 0.25) is 0 Å². The minimum atomic E-state index is -0.313. The lowest BCUT2D eigenvalue weighted by Crippen LogP contribution is -2.12. The number of nitrogens with zero attached hydrogens (tertiary/aromatic N) is 1. The number of phenols is 1. The van der Waals surface area contributed by atoms with Gasteiger partial charge in [-0.3, -0.25) is 10.1 Å². The molecule has 0 spiro atoms. The van der Waals surface area contributed by atoms with Gasteiger partial charge >= 0.3 is 0 Å². The summed E-state index contributed by atoms with van der Waals surface area (Å²) in [6.07, 6.45) is 2.68. The second kappa shape index (κ2) is 6.10. The van der Waals surface area contributed by atoms with Crippen LogP contribution in [-0.4, -0.2) is 16.6 Å². The normalized spacial score (nSPS) is 12.3. The molecule has 1 N–H and O–H groups in total. The van der Waals surface area contributed by atoms with Gasteiger partial charge in [0.05, 0.1) is 5.92 Å². The fraction of sp³-hybridized carbons (Fsp3) is 0.500. The predicted octanol–water partition coefficient (Wildman–Crippen LogP) is 2.94. The zero-order valence-corrected chi connectivity index (χ0v) is 9.43. The molecule has 0 aliphatic heterocycles. The molecular formula is C12H17NO3.